The molecule has 0 unspecified atom stereocenters. The summed E-state index contributed by atoms with van der Waals surface area (Å²) in [5.74, 6) is 0. The van der Waals surface area contributed by atoms with E-state index in [0.717, 1.165) is 16.0 Å². The van der Waals surface area contributed by atoms with Crippen molar-refractivity contribution in [3.63, 3.8) is 0 Å². The highest BCUT2D eigenvalue weighted by Gasteiger charge is 2.03. The third-order valence-corrected chi connectivity index (χ3v) is 2.87. The molecule has 2 aromatic rings. The number of aliphatic imine (C=N–C) groups is 1. The lowest BCUT2D eigenvalue weighted by Crippen LogP contribution is -1.80. The Labute approximate surface area is 88.9 Å². The average molecular weight is 201 g/mol. The summed E-state index contributed by atoms with van der Waals surface area (Å²) in [6.45, 7) is 5.62. The number of aryl methyl sites for hydroxylation is 1. The normalized spacial score (nSPS) is 10.4. The maximum Gasteiger partial charge on any atom is 0.0762 e. The van der Waals surface area contributed by atoms with E-state index in [2.05, 4.69) is 49.5 Å². The molecule has 0 amide bonds. The van der Waals surface area contributed by atoms with Crippen molar-refractivity contribution in [2.24, 2.45) is 4.99 Å². The number of thiol groups is 1. The van der Waals surface area contributed by atoms with E-state index in [-0.39, 0.29) is 0 Å². The van der Waals surface area contributed by atoms with Gasteiger partial charge in [-0.1, -0.05) is 24.3 Å². The predicted molar refractivity (Wildman–Crippen MR) is 65.1 cm³/mol. The Balaban J connectivity index is 2.90. The Bertz CT molecular complexity index is 503. The third kappa shape index (κ3) is 1.32. The standard InChI is InChI=1S/C12H11NS/c1-8-4-3-5-10-9(8)6-7-11(13-2)12(10)14/h3-7,14H,2H2,1H3. The summed E-state index contributed by atoms with van der Waals surface area (Å²) in [7, 11) is 0. The smallest absolute Gasteiger partial charge is 0.0762 e. The van der Waals surface area contributed by atoms with Gasteiger partial charge in [-0.05, 0) is 36.0 Å². The van der Waals surface area contributed by atoms with Crippen LogP contribution < -0.4 is 0 Å². The van der Waals surface area contributed by atoms with Crippen molar-refractivity contribution in [1.29, 1.82) is 0 Å². The minimum absolute atomic E-state index is 0.839. The number of hydrogen-bond acceptors (Lipinski definition) is 2. The summed E-state index contributed by atoms with van der Waals surface area (Å²) in [6, 6.07) is 10.2. The van der Waals surface area contributed by atoms with Gasteiger partial charge >= 0.3 is 0 Å². The molecule has 2 aromatic carbocycles. The van der Waals surface area contributed by atoms with Crippen molar-refractivity contribution in [3.05, 3.63) is 35.9 Å². The molecule has 0 fully saturated rings. The summed E-state index contributed by atoms with van der Waals surface area (Å²) < 4.78 is 0. The second-order valence-corrected chi connectivity index (χ2v) is 3.71. The van der Waals surface area contributed by atoms with Crippen LogP contribution in [0.25, 0.3) is 10.8 Å². The molecule has 0 radical (unpaired) electrons. The molecule has 0 spiro atoms. The van der Waals surface area contributed by atoms with E-state index >= 15 is 0 Å². The molecule has 0 aromatic heterocycles. The van der Waals surface area contributed by atoms with Crippen molar-refractivity contribution in [1.82, 2.24) is 0 Å². The van der Waals surface area contributed by atoms with Gasteiger partial charge in [0.1, 0.15) is 0 Å². The first kappa shape index (κ1) is 9.28. The Kier molecular flexibility index (Phi) is 2.30. The number of hydrogen-bond donors (Lipinski definition) is 1. The van der Waals surface area contributed by atoms with Crippen molar-refractivity contribution < 1.29 is 0 Å². The van der Waals surface area contributed by atoms with Gasteiger partial charge in [-0.15, -0.1) is 12.6 Å². The zero-order valence-electron chi connectivity index (χ0n) is 7.99. The van der Waals surface area contributed by atoms with Gasteiger partial charge in [0, 0.05) is 4.90 Å². The number of rotatable bonds is 1. The van der Waals surface area contributed by atoms with Gasteiger partial charge < -0.3 is 0 Å². The fourth-order valence-electron chi connectivity index (χ4n) is 1.62. The van der Waals surface area contributed by atoms with E-state index in [9.17, 15) is 0 Å². The van der Waals surface area contributed by atoms with Crippen LogP contribution in [0.1, 0.15) is 5.56 Å². The topological polar surface area (TPSA) is 12.4 Å². The molecule has 0 atom stereocenters. The minimum atomic E-state index is 0.839. The van der Waals surface area contributed by atoms with E-state index in [1.807, 2.05) is 12.1 Å². The van der Waals surface area contributed by atoms with Crippen molar-refractivity contribution in [2.75, 3.05) is 0 Å². The Morgan fingerprint density at radius 3 is 2.64 bits per heavy atom. The molecule has 0 heterocycles. The maximum absolute atomic E-state index is 4.46. The van der Waals surface area contributed by atoms with Crippen LogP contribution in [0.5, 0.6) is 0 Å². The predicted octanol–water partition coefficient (Wildman–Crippen LogP) is 3.77. The van der Waals surface area contributed by atoms with Crippen LogP contribution in [0.4, 0.5) is 5.69 Å². The molecule has 0 saturated carbocycles. The highest BCUT2D eigenvalue weighted by molar-refractivity contribution is 7.80. The van der Waals surface area contributed by atoms with Crippen LogP contribution >= 0.6 is 12.6 Å². The summed E-state index contributed by atoms with van der Waals surface area (Å²) in [5, 5.41) is 2.36. The quantitative estimate of drug-likeness (QED) is 0.532. The zero-order valence-corrected chi connectivity index (χ0v) is 8.88. The summed E-state index contributed by atoms with van der Waals surface area (Å²) in [5.41, 5.74) is 2.10. The van der Waals surface area contributed by atoms with Gasteiger partial charge in [0.2, 0.25) is 0 Å². The van der Waals surface area contributed by atoms with Crippen molar-refractivity contribution >= 4 is 35.8 Å². The summed E-state index contributed by atoms with van der Waals surface area (Å²) in [6.07, 6.45) is 0. The van der Waals surface area contributed by atoms with Crippen LogP contribution in [0.3, 0.4) is 0 Å². The average Bonchev–Trinajstić information content (AvgIpc) is 2.20. The second kappa shape index (κ2) is 3.46. The molecule has 0 bridgehead atoms. The molecule has 70 valence electrons. The molecule has 2 heteroatoms. The molecular weight excluding hydrogens is 190 g/mol. The molecule has 2 rings (SSSR count). The Morgan fingerprint density at radius 2 is 1.93 bits per heavy atom. The number of fused-ring (bicyclic) bond motifs is 1. The maximum atomic E-state index is 4.46. The third-order valence-electron chi connectivity index (χ3n) is 2.40. The Hall–Kier alpha value is -1.28. The molecule has 14 heavy (non-hydrogen) atoms. The largest absolute Gasteiger partial charge is 0.263 e. The molecule has 0 N–H and O–H groups in total. The van der Waals surface area contributed by atoms with Crippen LogP contribution in [0, 0.1) is 6.92 Å². The van der Waals surface area contributed by atoms with Gasteiger partial charge in [-0.25, -0.2) is 0 Å². The first-order valence-electron chi connectivity index (χ1n) is 4.42. The Morgan fingerprint density at radius 1 is 1.14 bits per heavy atom. The lowest BCUT2D eigenvalue weighted by Gasteiger charge is -2.06. The SMILES string of the molecule is C=Nc1ccc2c(C)cccc2c1S. The van der Waals surface area contributed by atoms with Crippen molar-refractivity contribution in [3.8, 4) is 0 Å². The lowest BCUT2D eigenvalue weighted by atomic mass is 10.1. The molecule has 0 aliphatic heterocycles. The monoisotopic (exact) mass is 201 g/mol. The molecule has 1 nitrogen and oxygen atoms in total. The first-order valence-corrected chi connectivity index (χ1v) is 4.87. The van der Waals surface area contributed by atoms with Crippen LogP contribution in [0.2, 0.25) is 0 Å². The fourth-order valence-corrected chi connectivity index (χ4v) is 1.96. The van der Waals surface area contributed by atoms with Crippen LogP contribution in [0.15, 0.2) is 40.2 Å². The van der Waals surface area contributed by atoms with Crippen molar-refractivity contribution in [2.45, 2.75) is 11.8 Å². The highest BCUT2D eigenvalue weighted by atomic mass is 32.1. The second-order valence-electron chi connectivity index (χ2n) is 3.26. The van der Waals surface area contributed by atoms with Gasteiger partial charge in [-0.3, -0.25) is 4.99 Å². The van der Waals surface area contributed by atoms with Gasteiger partial charge in [0.15, 0.2) is 0 Å². The van der Waals surface area contributed by atoms with E-state index in [0.29, 0.717) is 0 Å². The van der Waals surface area contributed by atoms with E-state index < -0.39 is 0 Å². The van der Waals surface area contributed by atoms with Gasteiger partial charge in [0.25, 0.3) is 0 Å². The first-order chi connectivity index (χ1) is 6.74. The molecule has 0 aliphatic carbocycles. The highest BCUT2D eigenvalue weighted by Crippen LogP contribution is 2.32. The minimum Gasteiger partial charge on any atom is -0.263 e. The summed E-state index contributed by atoms with van der Waals surface area (Å²) in [4.78, 5) is 4.83. The fraction of sp³-hybridized carbons (Fsp3) is 0.0833. The van der Waals surface area contributed by atoms with E-state index in [1.54, 1.807) is 0 Å². The zero-order chi connectivity index (χ0) is 10.1. The molecular formula is C12H11NS. The van der Waals surface area contributed by atoms with Crippen LogP contribution in [-0.4, -0.2) is 6.72 Å². The summed E-state index contributed by atoms with van der Waals surface area (Å²) >= 11 is 4.46. The molecule has 0 saturated heterocycles. The lowest BCUT2D eigenvalue weighted by molar-refractivity contribution is 1.43. The number of benzene rings is 2. The van der Waals surface area contributed by atoms with Crippen LogP contribution in [-0.2, 0) is 0 Å². The van der Waals surface area contributed by atoms with E-state index in [4.69, 9.17) is 0 Å². The molecule has 0 aliphatic rings. The van der Waals surface area contributed by atoms with E-state index in [1.165, 1.54) is 10.9 Å². The van der Waals surface area contributed by atoms with Gasteiger partial charge in [-0.2, -0.15) is 0 Å². The number of nitrogens with zero attached hydrogens (tertiary/aromatic N) is 1. The van der Waals surface area contributed by atoms with Gasteiger partial charge in [0.05, 0.1) is 5.69 Å².